The Morgan fingerprint density at radius 1 is 0.913 bits per heavy atom. The monoisotopic (exact) mass is 648 g/mol. The first-order valence-electron chi connectivity index (χ1n) is 14.7. The predicted molar refractivity (Wildman–Crippen MR) is 170 cm³/mol. The van der Waals surface area contributed by atoms with Gasteiger partial charge in [-0.25, -0.2) is 9.79 Å². The lowest BCUT2D eigenvalue weighted by atomic mass is 9.80. The number of hydrogen-bond acceptors (Lipinski definition) is 9. The van der Waals surface area contributed by atoms with Crippen LogP contribution >= 0.6 is 0 Å². The Hall–Kier alpha value is -4.27. The minimum absolute atomic E-state index is 0.000105. The average Bonchev–Trinajstić information content (AvgIpc) is 3.62. The third-order valence-corrected chi connectivity index (χ3v) is 8.73. The molecule has 0 saturated carbocycles. The van der Waals surface area contributed by atoms with Gasteiger partial charge in [-0.3, -0.25) is 13.3 Å². The maximum absolute atomic E-state index is 13.2. The fourth-order valence-electron chi connectivity index (χ4n) is 5.75. The summed E-state index contributed by atoms with van der Waals surface area (Å²) < 4.78 is 48.1. The number of nitrogens with zero attached hydrogens (tertiary/aromatic N) is 3. The molecule has 3 heterocycles. The second kappa shape index (κ2) is 13.6. The van der Waals surface area contributed by atoms with Gasteiger partial charge in [-0.05, 0) is 47.0 Å². The van der Waals surface area contributed by atoms with Gasteiger partial charge in [-0.15, -0.1) is 0 Å². The molecular formula is C33H36N4O8S. The summed E-state index contributed by atoms with van der Waals surface area (Å²) in [6, 6.07) is 24.8. The quantitative estimate of drug-likeness (QED) is 0.189. The lowest BCUT2D eigenvalue weighted by molar-refractivity contribution is -0.101. The second-order valence-corrected chi connectivity index (χ2v) is 11.9. The average molecular weight is 649 g/mol. The molecule has 0 radical (unpaired) electrons. The molecule has 3 aliphatic rings. The van der Waals surface area contributed by atoms with Crippen LogP contribution in [0.3, 0.4) is 0 Å². The van der Waals surface area contributed by atoms with E-state index in [1.54, 1.807) is 37.7 Å². The number of methoxy groups -OCH3 is 2. The van der Waals surface area contributed by atoms with Crippen LogP contribution in [0, 0.1) is 0 Å². The molecule has 13 heteroatoms. The number of carbonyl (C=O) groups is 1. The number of rotatable bonds is 11. The lowest BCUT2D eigenvalue weighted by Crippen LogP contribution is -2.52. The molecule has 0 spiro atoms. The summed E-state index contributed by atoms with van der Waals surface area (Å²) in [5, 5.41) is 2.82. The number of amides is 2. The van der Waals surface area contributed by atoms with Gasteiger partial charge in [0.15, 0.2) is 12.3 Å². The van der Waals surface area contributed by atoms with E-state index in [1.807, 2.05) is 93.0 Å². The Balaban J connectivity index is 1.34. The van der Waals surface area contributed by atoms with Gasteiger partial charge >= 0.3 is 17.4 Å². The van der Waals surface area contributed by atoms with Crippen LogP contribution < -0.4 is 14.8 Å². The first kappa shape index (κ1) is 31.7. The molecule has 3 aliphatic heterocycles. The van der Waals surface area contributed by atoms with Gasteiger partial charge in [0.05, 0.1) is 27.2 Å². The summed E-state index contributed by atoms with van der Waals surface area (Å²) in [6.07, 6.45) is 1.13. The fraction of sp³-hybridized carbons (Fsp3) is 0.333. The first-order valence-corrected chi connectivity index (χ1v) is 15.7. The van der Waals surface area contributed by atoms with E-state index in [4.69, 9.17) is 27.3 Å². The summed E-state index contributed by atoms with van der Waals surface area (Å²) in [7, 11) is 6.91. The maximum Gasteiger partial charge on any atom is 0.325 e. The van der Waals surface area contributed by atoms with Crippen molar-refractivity contribution in [1.82, 2.24) is 15.1 Å². The van der Waals surface area contributed by atoms with Crippen LogP contribution in [-0.4, -0.2) is 92.0 Å². The molecule has 2 amide bonds. The highest BCUT2D eigenvalue weighted by Gasteiger charge is 2.56. The summed E-state index contributed by atoms with van der Waals surface area (Å²) >= 11 is -2.02. The lowest BCUT2D eigenvalue weighted by Gasteiger charge is -2.37. The number of hydrogen-bond donors (Lipinski definition) is 1. The molecule has 6 rings (SSSR count). The molecule has 0 bridgehead atoms. The zero-order valence-electron chi connectivity index (χ0n) is 25.8. The van der Waals surface area contributed by atoms with Crippen LogP contribution in [0.5, 0.6) is 11.5 Å². The van der Waals surface area contributed by atoms with E-state index in [1.165, 1.54) is 4.90 Å². The molecule has 12 nitrogen and oxygen atoms in total. The second-order valence-electron chi connectivity index (χ2n) is 11.1. The smallest absolute Gasteiger partial charge is 0.325 e. The van der Waals surface area contributed by atoms with Crippen molar-refractivity contribution in [3.63, 3.8) is 0 Å². The molecule has 2 unspecified atom stereocenters. The number of fused-ring (bicyclic) bond motifs is 1. The number of carbonyl (C=O) groups excluding carboxylic acids is 1. The number of benzene rings is 3. The summed E-state index contributed by atoms with van der Waals surface area (Å²) in [6.45, 7) is 0.000105. The third kappa shape index (κ3) is 6.24. The zero-order valence-corrected chi connectivity index (χ0v) is 26.7. The Morgan fingerprint density at radius 3 is 2.07 bits per heavy atom. The highest BCUT2D eigenvalue weighted by atomic mass is 32.2. The Morgan fingerprint density at radius 2 is 1.50 bits per heavy atom. The van der Waals surface area contributed by atoms with Gasteiger partial charge in [-0.1, -0.05) is 54.6 Å². The summed E-state index contributed by atoms with van der Waals surface area (Å²) in [5.74, 6) is 1.40. The molecular weight excluding hydrogens is 612 g/mol. The van der Waals surface area contributed by atoms with Gasteiger partial charge < -0.3 is 29.2 Å². The van der Waals surface area contributed by atoms with Crippen molar-refractivity contribution in [3.05, 3.63) is 108 Å². The van der Waals surface area contributed by atoms with E-state index < -0.39 is 53.7 Å². The highest BCUT2D eigenvalue weighted by Crippen LogP contribution is 2.43. The molecule has 0 aromatic heterocycles. The summed E-state index contributed by atoms with van der Waals surface area (Å²) in [4.78, 5) is 20.6. The topological polar surface area (TPSA) is 120 Å². The van der Waals surface area contributed by atoms with Crippen LogP contribution in [0.2, 0.25) is 0 Å². The van der Waals surface area contributed by atoms with Crippen molar-refractivity contribution in [2.24, 2.45) is 4.99 Å². The van der Waals surface area contributed by atoms with Gasteiger partial charge in [-0.2, -0.15) is 4.21 Å². The Labute approximate surface area is 270 Å². The van der Waals surface area contributed by atoms with Crippen LogP contribution in [-0.2, 0) is 34.8 Å². The normalized spacial score (nSPS) is 25.8. The number of nitrogens with one attached hydrogen (secondary N) is 1. The molecule has 2 saturated heterocycles. The molecule has 3 aromatic carbocycles. The van der Waals surface area contributed by atoms with Gasteiger partial charge in [0.2, 0.25) is 0 Å². The number of ether oxygens (including phenoxy) is 4. The van der Waals surface area contributed by atoms with Crippen molar-refractivity contribution < 1.29 is 36.3 Å². The van der Waals surface area contributed by atoms with Crippen molar-refractivity contribution in [2.45, 2.75) is 36.3 Å². The van der Waals surface area contributed by atoms with Crippen LogP contribution in [0.4, 0.5) is 4.79 Å². The van der Waals surface area contributed by atoms with Crippen molar-refractivity contribution in [3.8, 4) is 11.5 Å². The van der Waals surface area contributed by atoms with E-state index in [-0.39, 0.29) is 6.61 Å². The fourth-order valence-corrected chi connectivity index (χ4v) is 6.60. The zero-order chi connectivity index (χ0) is 32.3. The maximum atomic E-state index is 13.2. The van der Waals surface area contributed by atoms with Gasteiger partial charge in [0.25, 0.3) is 0 Å². The van der Waals surface area contributed by atoms with E-state index in [2.05, 4.69) is 10.3 Å². The summed E-state index contributed by atoms with van der Waals surface area (Å²) in [5.41, 5.74) is 1.43. The third-order valence-electron chi connectivity index (χ3n) is 7.97. The Kier molecular flexibility index (Phi) is 9.38. The molecule has 242 valence electrons. The standard InChI is InChI=1S/C33H36N4O8S/c1-36(2)21-34-28-18-19-37(32(38)35-28)31-30-29(44-46(39)45-30)27(43-31)20-42-33(22-8-6-5-7-9-22,23-10-14-25(40-3)15-11-23)24-12-16-26(41-4)17-13-24/h5-19,21,27-31H,20H2,1-4H3,(H,35,38)/t27-,28?,29-,30-,31-,46?/m1/s1. The Bertz CT molecular complexity index is 1540. The molecule has 46 heavy (non-hydrogen) atoms. The highest BCUT2D eigenvalue weighted by molar-refractivity contribution is 7.75. The van der Waals surface area contributed by atoms with E-state index in [0.29, 0.717) is 11.5 Å². The van der Waals surface area contributed by atoms with Gasteiger partial charge in [0.1, 0.15) is 35.5 Å². The predicted octanol–water partition coefficient (Wildman–Crippen LogP) is 3.55. The minimum atomic E-state index is -2.02. The van der Waals surface area contributed by atoms with Gasteiger partial charge in [0, 0.05) is 20.3 Å². The van der Waals surface area contributed by atoms with Crippen molar-refractivity contribution in [2.75, 3.05) is 34.9 Å². The van der Waals surface area contributed by atoms with E-state index >= 15 is 0 Å². The molecule has 1 N–H and O–H groups in total. The van der Waals surface area contributed by atoms with E-state index in [0.717, 1.165) is 16.7 Å². The van der Waals surface area contributed by atoms with Crippen LogP contribution in [0.1, 0.15) is 16.7 Å². The van der Waals surface area contributed by atoms with Crippen molar-refractivity contribution >= 4 is 23.7 Å². The van der Waals surface area contributed by atoms with Crippen LogP contribution in [0.25, 0.3) is 0 Å². The number of urea groups is 1. The van der Waals surface area contributed by atoms with Crippen molar-refractivity contribution in [1.29, 1.82) is 0 Å². The molecule has 2 fully saturated rings. The SMILES string of the molecule is COc1ccc(C(OC[C@H]2O[C@@H](N3C=CC(N=CN(C)C)NC3=O)[C@@H]3OS(=O)O[C@@H]32)(c2ccccc2)c2ccc(OC)cc2)cc1. The molecule has 6 atom stereocenters. The van der Waals surface area contributed by atoms with E-state index in [9.17, 15) is 9.00 Å². The molecule has 0 aliphatic carbocycles. The molecule has 3 aromatic rings. The van der Waals surface area contributed by atoms with Crippen LogP contribution in [0.15, 0.2) is 96.1 Å². The first-order chi connectivity index (χ1) is 22.3. The minimum Gasteiger partial charge on any atom is -0.497 e. The largest absolute Gasteiger partial charge is 0.497 e. The number of aliphatic imine (C=N–C) groups is 1.